The van der Waals surface area contributed by atoms with Crippen LogP contribution in [0, 0.1) is 0 Å². The summed E-state index contributed by atoms with van der Waals surface area (Å²) in [6, 6.07) is 5.07. The van der Waals surface area contributed by atoms with E-state index in [4.69, 9.17) is 0 Å². The summed E-state index contributed by atoms with van der Waals surface area (Å²) in [5, 5.41) is 0. The number of rotatable bonds is 4. The zero-order valence-corrected chi connectivity index (χ0v) is 9.87. The van der Waals surface area contributed by atoms with Crippen LogP contribution in [-0.2, 0) is 11.2 Å². The SMILES string of the molecule is CCC(=O)c1ccc(C(=O)OC)cc1CC. The highest BCUT2D eigenvalue weighted by Gasteiger charge is 2.12. The van der Waals surface area contributed by atoms with E-state index in [9.17, 15) is 9.59 Å². The molecule has 1 rings (SSSR count). The minimum absolute atomic E-state index is 0.105. The Balaban J connectivity index is 3.16. The summed E-state index contributed by atoms with van der Waals surface area (Å²) in [4.78, 5) is 23.0. The van der Waals surface area contributed by atoms with Gasteiger partial charge >= 0.3 is 5.97 Å². The van der Waals surface area contributed by atoms with Gasteiger partial charge in [-0.1, -0.05) is 19.9 Å². The van der Waals surface area contributed by atoms with Crippen LogP contribution in [0.15, 0.2) is 18.2 Å². The van der Waals surface area contributed by atoms with Crippen molar-refractivity contribution in [2.24, 2.45) is 0 Å². The van der Waals surface area contributed by atoms with Crippen LogP contribution in [0.1, 0.15) is 46.5 Å². The number of methoxy groups -OCH3 is 1. The molecule has 1 aromatic rings. The van der Waals surface area contributed by atoms with Crippen LogP contribution in [-0.4, -0.2) is 18.9 Å². The number of carbonyl (C=O) groups is 2. The summed E-state index contributed by atoms with van der Waals surface area (Å²) in [5.41, 5.74) is 2.10. The van der Waals surface area contributed by atoms with Crippen molar-refractivity contribution in [1.82, 2.24) is 0 Å². The van der Waals surface area contributed by atoms with Crippen molar-refractivity contribution in [3.8, 4) is 0 Å². The molecule has 0 atom stereocenters. The summed E-state index contributed by atoms with van der Waals surface area (Å²) in [6.45, 7) is 3.79. The molecule has 16 heavy (non-hydrogen) atoms. The van der Waals surface area contributed by atoms with E-state index in [1.54, 1.807) is 18.2 Å². The fourth-order valence-electron chi connectivity index (χ4n) is 1.59. The molecular weight excluding hydrogens is 204 g/mol. The molecule has 3 nitrogen and oxygen atoms in total. The van der Waals surface area contributed by atoms with Gasteiger partial charge in [0.2, 0.25) is 0 Å². The Morgan fingerprint density at radius 1 is 1.25 bits per heavy atom. The van der Waals surface area contributed by atoms with Gasteiger partial charge in [0.05, 0.1) is 12.7 Å². The number of aryl methyl sites for hydroxylation is 1. The molecule has 0 saturated heterocycles. The molecule has 0 N–H and O–H groups in total. The Morgan fingerprint density at radius 3 is 2.44 bits per heavy atom. The van der Waals surface area contributed by atoms with Crippen LogP contribution in [0.4, 0.5) is 0 Å². The van der Waals surface area contributed by atoms with Crippen molar-refractivity contribution < 1.29 is 14.3 Å². The summed E-state index contributed by atoms with van der Waals surface area (Å²) in [7, 11) is 1.35. The first kappa shape index (κ1) is 12.4. The highest BCUT2D eigenvalue weighted by Crippen LogP contribution is 2.15. The van der Waals surface area contributed by atoms with Crippen molar-refractivity contribution in [2.75, 3.05) is 7.11 Å². The van der Waals surface area contributed by atoms with Gasteiger partial charge in [-0.3, -0.25) is 4.79 Å². The zero-order chi connectivity index (χ0) is 12.1. The molecule has 0 heterocycles. The van der Waals surface area contributed by atoms with E-state index in [2.05, 4.69) is 4.74 Å². The van der Waals surface area contributed by atoms with E-state index in [0.717, 1.165) is 12.0 Å². The van der Waals surface area contributed by atoms with Gasteiger partial charge in [0.1, 0.15) is 0 Å². The van der Waals surface area contributed by atoms with Crippen molar-refractivity contribution in [2.45, 2.75) is 26.7 Å². The lowest BCUT2D eigenvalue weighted by Crippen LogP contribution is -2.06. The van der Waals surface area contributed by atoms with E-state index in [-0.39, 0.29) is 11.8 Å². The molecule has 1 aromatic carbocycles. The lowest BCUT2D eigenvalue weighted by atomic mass is 9.98. The first-order chi connectivity index (χ1) is 7.63. The lowest BCUT2D eigenvalue weighted by molar-refractivity contribution is 0.0600. The maximum atomic E-state index is 11.6. The number of esters is 1. The fraction of sp³-hybridized carbons (Fsp3) is 0.385. The van der Waals surface area contributed by atoms with Crippen LogP contribution in [0.5, 0.6) is 0 Å². The van der Waals surface area contributed by atoms with Gasteiger partial charge in [0.15, 0.2) is 5.78 Å². The number of carbonyl (C=O) groups excluding carboxylic acids is 2. The van der Waals surface area contributed by atoms with Crippen LogP contribution in [0.3, 0.4) is 0 Å². The third kappa shape index (κ3) is 2.48. The van der Waals surface area contributed by atoms with Crippen molar-refractivity contribution >= 4 is 11.8 Å². The number of hydrogen-bond acceptors (Lipinski definition) is 3. The highest BCUT2D eigenvalue weighted by molar-refractivity contribution is 5.99. The summed E-state index contributed by atoms with van der Waals surface area (Å²) >= 11 is 0. The van der Waals surface area contributed by atoms with Gasteiger partial charge in [-0.2, -0.15) is 0 Å². The summed E-state index contributed by atoms with van der Waals surface area (Å²) < 4.78 is 4.64. The molecule has 0 aromatic heterocycles. The maximum absolute atomic E-state index is 11.6. The molecule has 0 aliphatic carbocycles. The topological polar surface area (TPSA) is 43.4 Å². The average molecular weight is 220 g/mol. The molecule has 0 amide bonds. The number of ether oxygens (including phenoxy) is 1. The molecule has 0 fully saturated rings. The van der Waals surface area contributed by atoms with Crippen LogP contribution >= 0.6 is 0 Å². The number of hydrogen-bond donors (Lipinski definition) is 0. The number of Topliss-reactive ketones (excluding diaryl/α,β-unsaturated/α-hetero) is 1. The molecular formula is C13H16O3. The molecule has 0 bridgehead atoms. The molecule has 0 aliphatic heterocycles. The maximum Gasteiger partial charge on any atom is 0.337 e. The third-order valence-corrected chi connectivity index (χ3v) is 2.53. The van der Waals surface area contributed by atoms with Crippen molar-refractivity contribution in [3.63, 3.8) is 0 Å². The normalized spacial score (nSPS) is 9.94. The first-order valence-electron chi connectivity index (χ1n) is 5.38. The van der Waals surface area contributed by atoms with Gasteiger partial charge < -0.3 is 4.74 Å². The summed E-state index contributed by atoms with van der Waals surface area (Å²) in [5.74, 6) is -0.265. The third-order valence-electron chi connectivity index (χ3n) is 2.53. The smallest absolute Gasteiger partial charge is 0.337 e. The second kappa shape index (κ2) is 5.45. The molecule has 86 valence electrons. The fourth-order valence-corrected chi connectivity index (χ4v) is 1.59. The quantitative estimate of drug-likeness (QED) is 0.578. The number of benzene rings is 1. The molecule has 0 radical (unpaired) electrons. The first-order valence-corrected chi connectivity index (χ1v) is 5.38. The number of ketones is 1. The molecule has 0 unspecified atom stereocenters. The zero-order valence-electron chi connectivity index (χ0n) is 9.87. The second-order valence-electron chi connectivity index (χ2n) is 3.49. The van der Waals surface area contributed by atoms with Crippen LogP contribution < -0.4 is 0 Å². The average Bonchev–Trinajstić information content (AvgIpc) is 2.35. The van der Waals surface area contributed by atoms with Gasteiger partial charge in [-0.25, -0.2) is 4.79 Å². The largest absolute Gasteiger partial charge is 0.465 e. The Labute approximate surface area is 95.4 Å². The van der Waals surface area contributed by atoms with Gasteiger partial charge in [-0.05, 0) is 24.1 Å². The minimum Gasteiger partial charge on any atom is -0.465 e. The van der Waals surface area contributed by atoms with E-state index in [1.807, 2.05) is 13.8 Å². The van der Waals surface area contributed by atoms with E-state index < -0.39 is 0 Å². The van der Waals surface area contributed by atoms with E-state index >= 15 is 0 Å². The predicted molar refractivity (Wildman–Crippen MR) is 61.8 cm³/mol. The Hall–Kier alpha value is -1.64. The lowest BCUT2D eigenvalue weighted by Gasteiger charge is -2.07. The van der Waals surface area contributed by atoms with Gasteiger partial charge in [0, 0.05) is 12.0 Å². The Bertz CT molecular complexity index is 408. The van der Waals surface area contributed by atoms with E-state index in [0.29, 0.717) is 17.5 Å². The van der Waals surface area contributed by atoms with Crippen molar-refractivity contribution in [3.05, 3.63) is 34.9 Å². The monoisotopic (exact) mass is 220 g/mol. The molecule has 0 aliphatic rings. The highest BCUT2D eigenvalue weighted by atomic mass is 16.5. The minimum atomic E-state index is -0.370. The summed E-state index contributed by atoms with van der Waals surface area (Å²) in [6.07, 6.45) is 1.20. The van der Waals surface area contributed by atoms with E-state index in [1.165, 1.54) is 7.11 Å². The van der Waals surface area contributed by atoms with Gasteiger partial charge in [-0.15, -0.1) is 0 Å². The standard InChI is InChI=1S/C13H16O3/c1-4-9-8-10(13(15)16-3)6-7-11(9)12(14)5-2/h6-8H,4-5H2,1-3H3. The Morgan fingerprint density at radius 2 is 1.94 bits per heavy atom. The molecule has 3 heteroatoms. The molecule has 0 saturated carbocycles. The molecule has 0 spiro atoms. The van der Waals surface area contributed by atoms with Gasteiger partial charge in [0.25, 0.3) is 0 Å². The van der Waals surface area contributed by atoms with Crippen molar-refractivity contribution in [1.29, 1.82) is 0 Å². The second-order valence-corrected chi connectivity index (χ2v) is 3.49. The van der Waals surface area contributed by atoms with Crippen LogP contribution in [0.2, 0.25) is 0 Å². The Kier molecular flexibility index (Phi) is 4.23. The van der Waals surface area contributed by atoms with Crippen LogP contribution in [0.25, 0.3) is 0 Å². The predicted octanol–water partition coefficient (Wildman–Crippen LogP) is 2.63.